The van der Waals surface area contributed by atoms with Gasteiger partial charge in [0.15, 0.2) is 5.82 Å². The van der Waals surface area contributed by atoms with E-state index < -0.39 is 0 Å². The molecule has 4 nitrogen and oxygen atoms in total. The van der Waals surface area contributed by atoms with Crippen LogP contribution in [0.1, 0.15) is 11.1 Å². The zero-order valence-electron chi connectivity index (χ0n) is 12.7. The average Bonchev–Trinajstić information content (AvgIpc) is 3.11. The lowest BCUT2D eigenvalue weighted by Crippen LogP contribution is -2.23. The van der Waals surface area contributed by atoms with Gasteiger partial charge < -0.3 is 0 Å². The zero-order chi connectivity index (χ0) is 16.7. The molecular weight excluding hydrogens is 342 g/mol. The second-order valence-corrected chi connectivity index (χ2v) is 6.81. The van der Waals surface area contributed by atoms with Gasteiger partial charge in [0.1, 0.15) is 0 Å². The first-order valence-electron chi connectivity index (χ1n) is 7.35. The fourth-order valence-corrected chi connectivity index (χ4v) is 3.69. The zero-order valence-corrected chi connectivity index (χ0v) is 14.3. The summed E-state index contributed by atoms with van der Waals surface area (Å²) < 4.78 is 2.15. The lowest BCUT2D eigenvalue weighted by molar-refractivity contribution is 1.09. The van der Waals surface area contributed by atoms with Crippen LogP contribution in [0.5, 0.6) is 0 Å². The number of rotatable bonds is 2. The Morgan fingerprint density at radius 1 is 1.08 bits per heavy atom. The highest BCUT2D eigenvalue weighted by Gasteiger charge is 2.15. The number of hydrogen-bond acceptors (Lipinski definition) is 4. The van der Waals surface area contributed by atoms with Crippen LogP contribution in [0.4, 0.5) is 0 Å². The minimum Gasteiger partial charge on any atom is -0.267 e. The molecule has 0 unspecified atom stereocenters. The third kappa shape index (κ3) is 2.42. The minimum atomic E-state index is -0.127. The Kier molecular flexibility index (Phi) is 3.67. The first-order valence-corrected chi connectivity index (χ1v) is 8.55. The number of fused-ring (bicyclic) bond motifs is 1. The Balaban J connectivity index is 1.97. The van der Waals surface area contributed by atoms with Crippen LogP contribution in [-0.2, 0) is 0 Å². The van der Waals surface area contributed by atoms with E-state index in [1.807, 2.05) is 49.4 Å². The largest absolute Gasteiger partial charge is 0.276 e. The molecule has 0 spiro atoms. The lowest BCUT2D eigenvalue weighted by Gasteiger charge is -2.01. The van der Waals surface area contributed by atoms with Gasteiger partial charge in [0.05, 0.1) is 4.53 Å². The number of aryl methyl sites for hydroxylation is 1. The van der Waals surface area contributed by atoms with Crippen molar-refractivity contribution in [2.24, 2.45) is 0 Å². The summed E-state index contributed by atoms with van der Waals surface area (Å²) in [5.41, 5.74) is 2.64. The number of thiazole rings is 1. The van der Waals surface area contributed by atoms with Crippen molar-refractivity contribution in [1.29, 1.82) is 0 Å². The van der Waals surface area contributed by atoms with Crippen molar-refractivity contribution >= 4 is 34.0 Å². The molecule has 0 aliphatic carbocycles. The van der Waals surface area contributed by atoms with Crippen LogP contribution >= 0.6 is 22.9 Å². The van der Waals surface area contributed by atoms with Crippen molar-refractivity contribution in [3.8, 4) is 11.4 Å². The molecule has 2 aromatic heterocycles. The highest BCUT2D eigenvalue weighted by molar-refractivity contribution is 7.15. The van der Waals surface area contributed by atoms with Gasteiger partial charge in [-0.25, -0.2) is 4.40 Å². The van der Waals surface area contributed by atoms with Crippen LogP contribution in [0.15, 0.2) is 53.3 Å². The van der Waals surface area contributed by atoms with Gasteiger partial charge in [-0.05, 0) is 30.2 Å². The van der Waals surface area contributed by atoms with Gasteiger partial charge in [0.2, 0.25) is 4.96 Å². The van der Waals surface area contributed by atoms with E-state index in [2.05, 4.69) is 10.2 Å². The van der Waals surface area contributed by atoms with E-state index in [1.54, 1.807) is 16.5 Å². The predicted octanol–water partition coefficient (Wildman–Crippen LogP) is 3.33. The highest BCUT2D eigenvalue weighted by Crippen LogP contribution is 2.21. The topological polar surface area (TPSA) is 47.3 Å². The van der Waals surface area contributed by atoms with E-state index in [9.17, 15) is 4.79 Å². The van der Waals surface area contributed by atoms with Gasteiger partial charge in [-0.2, -0.15) is 0 Å². The predicted molar refractivity (Wildman–Crippen MR) is 97.5 cm³/mol. The fraction of sp³-hybridized carbons (Fsp3) is 0.0556. The molecule has 6 heteroatoms. The molecule has 0 aliphatic rings. The van der Waals surface area contributed by atoms with E-state index in [4.69, 9.17) is 11.6 Å². The van der Waals surface area contributed by atoms with Gasteiger partial charge >= 0.3 is 0 Å². The maximum absolute atomic E-state index is 12.8. The van der Waals surface area contributed by atoms with Crippen LogP contribution in [0.2, 0.25) is 5.02 Å². The monoisotopic (exact) mass is 353 g/mol. The summed E-state index contributed by atoms with van der Waals surface area (Å²) in [6.45, 7) is 1.99. The normalized spacial score (nSPS) is 12.2. The molecule has 4 aromatic rings. The van der Waals surface area contributed by atoms with Crippen molar-refractivity contribution in [2.75, 3.05) is 0 Å². The molecule has 0 bridgehead atoms. The standard InChI is InChI=1S/C18H12ClN3OS/c1-11-6-2-4-8-13(11)16-20-21-18-22(16)17(23)15(24-18)10-12-7-3-5-9-14(12)19/h2-10H,1H3/b15-10-. The van der Waals surface area contributed by atoms with E-state index in [1.165, 1.54) is 11.3 Å². The SMILES string of the molecule is Cc1ccccc1-c1nnc2s/c(=C\c3ccccc3Cl)c(=O)n12. The van der Waals surface area contributed by atoms with Gasteiger partial charge in [0, 0.05) is 10.6 Å². The molecule has 0 fully saturated rings. The van der Waals surface area contributed by atoms with Crippen molar-refractivity contribution in [1.82, 2.24) is 14.6 Å². The summed E-state index contributed by atoms with van der Waals surface area (Å²) in [7, 11) is 0. The van der Waals surface area contributed by atoms with Crippen molar-refractivity contribution in [3.05, 3.63) is 79.6 Å². The molecule has 118 valence electrons. The molecule has 0 amide bonds. The summed E-state index contributed by atoms with van der Waals surface area (Å²) in [6, 6.07) is 15.3. The fourth-order valence-electron chi connectivity index (χ4n) is 2.59. The first kappa shape index (κ1) is 15.1. The molecule has 24 heavy (non-hydrogen) atoms. The molecule has 4 rings (SSSR count). The van der Waals surface area contributed by atoms with Crippen LogP contribution in [0.25, 0.3) is 22.4 Å². The third-order valence-electron chi connectivity index (χ3n) is 3.83. The first-order chi connectivity index (χ1) is 11.6. The lowest BCUT2D eigenvalue weighted by atomic mass is 10.1. The van der Waals surface area contributed by atoms with E-state index in [0.717, 1.165) is 16.7 Å². The Morgan fingerprint density at radius 3 is 2.62 bits per heavy atom. The average molecular weight is 354 g/mol. The number of benzene rings is 2. The van der Waals surface area contributed by atoms with E-state index in [0.29, 0.717) is 20.3 Å². The molecule has 0 saturated carbocycles. The number of halogens is 1. The van der Waals surface area contributed by atoms with Crippen LogP contribution in [0, 0.1) is 6.92 Å². The molecule has 0 saturated heterocycles. The summed E-state index contributed by atoms with van der Waals surface area (Å²) in [6.07, 6.45) is 1.80. The summed E-state index contributed by atoms with van der Waals surface area (Å²) in [5.74, 6) is 0.572. The molecule has 0 radical (unpaired) electrons. The summed E-state index contributed by atoms with van der Waals surface area (Å²) in [4.78, 5) is 13.4. The van der Waals surface area contributed by atoms with Gasteiger partial charge in [-0.15, -0.1) is 10.2 Å². The van der Waals surface area contributed by atoms with Crippen molar-refractivity contribution in [3.63, 3.8) is 0 Å². The number of nitrogens with zero attached hydrogens (tertiary/aromatic N) is 3. The molecule has 0 aliphatic heterocycles. The Bertz CT molecular complexity index is 1160. The second kappa shape index (κ2) is 5.85. The molecule has 2 aromatic carbocycles. The second-order valence-electron chi connectivity index (χ2n) is 5.39. The quantitative estimate of drug-likeness (QED) is 0.555. The van der Waals surface area contributed by atoms with Crippen molar-refractivity contribution in [2.45, 2.75) is 6.92 Å². The Hall–Kier alpha value is -2.50. The molecule has 2 heterocycles. The van der Waals surface area contributed by atoms with Gasteiger partial charge in [0.25, 0.3) is 5.56 Å². The third-order valence-corrected chi connectivity index (χ3v) is 5.13. The summed E-state index contributed by atoms with van der Waals surface area (Å²) in [5, 5.41) is 8.97. The van der Waals surface area contributed by atoms with Gasteiger partial charge in [-0.1, -0.05) is 65.4 Å². The molecular formula is C18H12ClN3OS. The number of aromatic nitrogens is 3. The minimum absolute atomic E-state index is 0.127. The van der Waals surface area contributed by atoms with Crippen LogP contribution in [-0.4, -0.2) is 14.6 Å². The van der Waals surface area contributed by atoms with E-state index in [-0.39, 0.29) is 5.56 Å². The highest BCUT2D eigenvalue weighted by atomic mass is 35.5. The smallest absolute Gasteiger partial charge is 0.267 e. The van der Waals surface area contributed by atoms with Crippen LogP contribution < -0.4 is 10.1 Å². The van der Waals surface area contributed by atoms with Crippen molar-refractivity contribution < 1.29 is 0 Å². The maximum atomic E-state index is 12.8. The molecule has 0 N–H and O–H groups in total. The van der Waals surface area contributed by atoms with Crippen LogP contribution in [0.3, 0.4) is 0 Å². The van der Waals surface area contributed by atoms with Gasteiger partial charge in [-0.3, -0.25) is 4.79 Å². The maximum Gasteiger partial charge on any atom is 0.276 e. The Morgan fingerprint density at radius 2 is 1.83 bits per heavy atom. The van der Waals surface area contributed by atoms with E-state index >= 15 is 0 Å². The molecule has 0 atom stereocenters. The Labute approximate surface area is 146 Å². The number of hydrogen-bond donors (Lipinski definition) is 0. The summed E-state index contributed by atoms with van der Waals surface area (Å²) >= 11 is 7.50.